The third kappa shape index (κ3) is 7.04. The van der Waals surface area contributed by atoms with Crippen molar-refractivity contribution in [3.8, 4) is 22.5 Å². The number of hydrazine groups is 1. The monoisotopic (exact) mass is 709 g/mol. The zero-order chi connectivity index (χ0) is 35.7. The van der Waals surface area contributed by atoms with Gasteiger partial charge in [-0.3, -0.25) is 28.9 Å². The van der Waals surface area contributed by atoms with Gasteiger partial charge in [0.2, 0.25) is 5.91 Å². The van der Waals surface area contributed by atoms with E-state index in [2.05, 4.69) is 31.0 Å². The molecule has 14 nitrogen and oxygen atoms in total. The molecule has 0 saturated carbocycles. The molecule has 0 spiro atoms. The molecule has 1 aromatic carbocycles. The highest BCUT2D eigenvalue weighted by Gasteiger charge is 2.32. The molecule has 50 heavy (non-hydrogen) atoms. The van der Waals surface area contributed by atoms with E-state index in [0.29, 0.717) is 53.1 Å². The van der Waals surface area contributed by atoms with Gasteiger partial charge in [0.25, 0.3) is 11.5 Å². The average molecular weight is 710 g/mol. The summed E-state index contributed by atoms with van der Waals surface area (Å²) in [6.45, 7) is 2.06. The molecule has 2 atom stereocenters. The first kappa shape index (κ1) is 34.2. The molecule has 0 aliphatic carbocycles. The van der Waals surface area contributed by atoms with Crippen LogP contribution in [0.5, 0.6) is 0 Å². The van der Waals surface area contributed by atoms with Gasteiger partial charge in [-0.05, 0) is 43.2 Å². The van der Waals surface area contributed by atoms with E-state index in [1.165, 1.54) is 46.0 Å². The molecule has 7 N–H and O–H groups in total. The number of hydrogen-bond acceptors (Lipinski definition) is 10. The van der Waals surface area contributed by atoms with E-state index in [4.69, 9.17) is 23.2 Å². The molecule has 5 heterocycles. The molecule has 2 aliphatic heterocycles. The second-order valence-corrected chi connectivity index (χ2v) is 12.2. The maximum absolute atomic E-state index is 13.8. The van der Waals surface area contributed by atoms with Gasteiger partial charge in [0, 0.05) is 46.7 Å². The Balaban J connectivity index is 1.41. The predicted molar refractivity (Wildman–Crippen MR) is 180 cm³/mol. The number of carbonyl (C=O) groups excluding carboxylic acids is 2. The standard InChI is InChI=1S/C32H31ClF3N11O3/c1-17-3-2-4-25(22-9-18(7-8-40-22)29-23(43-30(17)49)13-47(44-29)26-12-39-15-41-31(26)50)45-16-42-21(11-28(45)48)20-10-19(33)5-6-24(20)46(38)14-27(37)32(34,35)36/h5-14,16-17,25,39H,2-4,15,37-38H2,1H3,(H,41,50)(H,43,49)/b27-14-. The van der Waals surface area contributed by atoms with Gasteiger partial charge in [0.05, 0.1) is 48.0 Å². The van der Waals surface area contributed by atoms with Crippen LogP contribution in [0.1, 0.15) is 37.9 Å². The number of nitrogens with zero attached hydrogens (tertiary/aromatic N) is 6. The largest absolute Gasteiger partial charge is 0.432 e. The number of pyridine rings is 1. The van der Waals surface area contributed by atoms with Crippen LogP contribution in [0.4, 0.5) is 24.5 Å². The van der Waals surface area contributed by atoms with E-state index in [1.54, 1.807) is 31.5 Å². The Hall–Kier alpha value is -5.68. The number of amides is 2. The number of aromatic nitrogens is 5. The van der Waals surface area contributed by atoms with Crippen LogP contribution in [-0.2, 0) is 9.59 Å². The Kier molecular flexibility index (Phi) is 9.35. The summed E-state index contributed by atoms with van der Waals surface area (Å²) in [4.78, 5) is 48.6. The number of nitrogens with one attached hydrogen (secondary N) is 3. The summed E-state index contributed by atoms with van der Waals surface area (Å²) < 4.78 is 42.1. The van der Waals surface area contributed by atoms with Crippen LogP contribution in [0, 0.1) is 5.92 Å². The lowest BCUT2D eigenvalue weighted by molar-refractivity contribution is -0.119. The van der Waals surface area contributed by atoms with Crippen molar-refractivity contribution in [1.82, 2.24) is 34.9 Å². The fourth-order valence-corrected chi connectivity index (χ4v) is 5.81. The van der Waals surface area contributed by atoms with Crippen LogP contribution in [0.3, 0.4) is 0 Å². The molecular weight excluding hydrogens is 679 g/mol. The van der Waals surface area contributed by atoms with Gasteiger partial charge >= 0.3 is 6.18 Å². The summed E-state index contributed by atoms with van der Waals surface area (Å²) in [5, 5.41) is 14.1. The quantitative estimate of drug-likeness (QED) is 0.151. The molecule has 260 valence electrons. The maximum atomic E-state index is 13.8. The lowest BCUT2D eigenvalue weighted by Gasteiger charge is -2.22. The minimum atomic E-state index is -4.81. The second kappa shape index (κ2) is 13.7. The average Bonchev–Trinajstić information content (AvgIpc) is 3.49. The number of halogens is 4. The number of hydrogen-bond donors (Lipinski definition) is 5. The minimum Gasteiger partial charge on any atom is -0.393 e. The van der Waals surface area contributed by atoms with Gasteiger partial charge in [-0.15, -0.1) is 0 Å². The van der Waals surface area contributed by atoms with Crippen molar-refractivity contribution >= 4 is 40.5 Å². The molecule has 6 rings (SSSR count). The van der Waals surface area contributed by atoms with E-state index in [-0.39, 0.29) is 46.1 Å². The number of benzene rings is 1. The van der Waals surface area contributed by atoms with Gasteiger partial charge in [-0.1, -0.05) is 24.9 Å². The van der Waals surface area contributed by atoms with Gasteiger partial charge in [-0.25, -0.2) is 15.5 Å². The fourth-order valence-electron chi connectivity index (χ4n) is 5.64. The number of rotatable bonds is 5. The molecule has 4 aromatic rings. The maximum Gasteiger partial charge on any atom is 0.432 e. The Labute approximate surface area is 287 Å². The van der Waals surface area contributed by atoms with Gasteiger partial charge in [0.15, 0.2) is 0 Å². The number of nitrogens with two attached hydrogens (primary N) is 2. The van der Waals surface area contributed by atoms with Crippen molar-refractivity contribution < 1.29 is 22.8 Å². The van der Waals surface area contributed by atoms with Crippen LogP contribution in [0.2, 0.25) is 5.02 Å². The Bertz CT molecular complexity index is 2090. The Morgan fingerprint density at radius 3 is 2.66 bits per heavy atom. The second-order valence-electron chi connectivity index (χ2n) is 11.7. The van der Waals surface area contributed by atoms with Crippen molar-refractivity contribution in [1.29, 1.82) is 0 Å². The minimum absolute atomic E-state index is 0.0615. The highest BCUT2D eigenvalue weighted by Crippen LogP contribution is 2.35. The molecule has 18 heteroatoms. The van der Waals surface area contributed by atoms with Gasteiger partial charge in [-0.2, -0.15) is 18.3 Å². The highest BCUT2D eigenvalue weighted by molar-refractivity contribution is 6.31. The molecule has 2 bridgehead atoms. The zero-order valence-electron chi connectivity index (χ0n) is 26.4. The number of fused-ring (bicyclic) bond motifs is 4. The Morgan fingerprint density at radius 1 is 1.12 bits per heavy atom. The molecule has 0 saturated heterocycles. The van der Waals surface area contributed by atoms with Crippen molar-refractivity contribution in [2.75, 3.05) is 17.0 Å². The SMILES string of the molecule is CC1CCCC(n2cnc(-c3cc(Cl)ccc3N(N)/C=C(\N)C(F)(F)F)cc2=O)c2cc(ccn2)-c2nn(C3=CNCNC3=O)cc2NC1=O. The summed E-state index contributed by atoms with van der Waals surface area (Å²) in [6, 6.07) is 8.30. The topological polar surface area (TPSA) is 191 Å². The third-order valence-corrected chi connectivity index (χ3v) is 8.52. The lowest BCUT2D eigenvalue weighted by atomic mass is 9.97. The van der Waals surface area contributed by atoms with E-state index >= 15 is 0 Å². The van der Waals surface area contributed by atoms with Crippen LogP contribution >= 0.6 is 11.6 Å². The van der Waals surface area contributed by atoms with Crippen molar-refractivity contribution in [3.05, 3.63) is 94.3 Å². The molecule has 2 unspecified atom stereocenters. The molecule has 0 fully saturated rings. The molecule has 2 amide bonds. The Morgan fingerprint density at radius 2 is 1.92 bits per heavy atom. The number of alkyl halides is 3. The van der Waals surface area contributed by atoms with Crippen LogP contribution < -0.4 is 38.1 Å². The molecule has 2 aliphatic rings. The normalized spacial score (nSPS) is 18.4. The van der Waals surface area contributed by atoms with Gasteiger partial charge in [0.1, 0.15) is 17.1 Å². The fraction of sp³-hybridized carbons (Fsp3) is 0.250. The summed E-state index contributed by atoms with van der Waals surface area (Å²) in [6.07, 6.45) is 3.12. The summed E-state index contributed by atoms with van der Waals surface area (Å²) in [7, 11) is 0. The first-order valence-corrected chi connectivity index (χ1v) is 15.7. The summed E-state index contributed by atoms with van der Waals surface area (Å²) >= 11 is 6.22. The van der Waals surface area contributed by atoms with E-state index in [0.717, 1.165) is 0 Å². The smallest absolute Gasteiger partial charge is 0.393 e. The van der Waals surface area contributed by atoms with E-state index in [1.807, 2.05) is 0 Å². The first-order chi connectivity index (χ1) is 23.8. The number of anilines is 2. The number of allylic oxidation sites excluding steroid dienone is 1. The van der Waals surface area contributed by atoms with Crippen LogP contribution in [-0.4, -0.2) is 49.0 Å². The molecular formula is C32H31ClF3N11O3. The zero-order valence-corrected chi connectivity index (χ0v) is 27.2. The summed E-state index contributed by atoms with van der Waals surface area (Å²) in [5.74, 6) is 4.95. The predicted octanol–water partition coefficient (Wildman–Crippen LogP) is 3.69. The van der Waals surface area contributed by atoms with Crippen LogP contribution in [0.15, 0.2) is 78.0 Å². The number of carbonyl (C=O) groups is 2. The first-order valence-electron chi connectivity index (χ1n) is 15.4. The van der Waals surface area contributed by atoms with Crippen molar-refractivity contribution in [2.24, 2.45) is 17.5 Å². The molecule has 3 aromatic heterocycles. The van der Waals surface area contributed by atoms with Crippen molar-refractivity contribution in [2.45, 2.75) is 38.4 Å². The summed E-state index contributed by atoms with van der Waals surface area (Å²) in [5.41, 5.74) is 5.68. The van der Waals surface area contributed by atoms with E-state index < -0.39 is 29.4 Å². The van der Waals surface area contributed by atoms with Crippen LogP contribution in [0.25, 0.3) is 28.2 Å². The van der Waals surface area contributed by atoms with Crippen molar-refractivity contribution in [3.63, 3.8) is 0 Å². The van der Waals surface area contributed by atoms with Gasteiger partial charge < -0.3 is 21.7 Å². The van der Waals surface area contributed by atoms with E-state index in [9.17, 15) is 27.6 Å². The lowest BCUT2D eigenvalue weighted by Crippen LogP contribution is -2.38. The molecule has 0 radical (unpaired) electrons. The highest BCUT2D eigenvalue weighted by atomic mass is 35.5. The third-order valence-electron chi connectivity index (χ3n) is 8.29.